The number of hydrogen-bond acceptors (Lipinski definition) is 3. The Balaban J connectivity index is 1.97. The molecule has 0 spiro atoms. The van der Waals surface area contributed by atoms with Gasteiger partial charge in [0.15, 0.2) is 0 Å². The number of nitrogens with zero attached hydrogens (tertiary/aromatic N) is 1. The van der Waals surface area contributed by atoms with Crippen molar-refractivity contribution in [3.8, 4) is 0 Å². The molecule has 5 nitrogen and oxygen atoms in total. The first kappa shape index (κ1) is 23.4. The number of amides is 1. The third-order valence-electron chi connectivity index (χ3n) is 5.74. The number of piperidine rings is 1. The minimum Gasteiger partial charge on any atom is -0.321 e. The maximum atomic E-state index is 14.5. The maximum Gasteiger partial charge on any atom is 0.255 e. The zero-order valence-corrected chi connectivity index (χ0v) is 19.4. The lowest BCUT2D eigenvalue weighted by molar-refractivity contribution is 0.102. The van der Waals surface area contributed by atoms with Crippen molar-refractivity contribution in [2.45, 2.75) is 63.7 Å². The maximum absolute atomic E-state index is 14.5. The van der Waals surface area contributed by atoms with Crippen LogP contribution in [0.1, 0.15) is 80.3 Å². The molecule has 1 fully saturated rings. The molecule has 1 aliphatic heterocycles. The van der Waals surface area contributed by atoms with Gasteiger partial charge in [-0.3, -0.25) is 4.79 Å². The van der Waals surface area contributed by atoms with Crippen molar-refractivity contribution in [3.05, 3.63) is 58.9 Å². The van der Waals surface area contributed by atoms with Crippen molar-refractivity contribution >= 4 is 21.6 Å². The van der Waals surface area contributed by atoms with Gasteiger partial charge in [0.25, 0.3) is 5.91 Å². The van der Waals surface area contributed by atoms with E-state index >= 15 is 0 Å². The Morgan fingerprint density at radius 1 is 0.968 bits per heavy atom. The Kier molecular flexibility index (Phi) is 7.17. The summed E-state index contributed by atoms with van der Waals surface area (Å²) >= 11 is 0. The Labute approximate surface area is 184 Å². The van der Waals surface area contributed by atoms with E-state index in [2.05, 4.69) is 33.0 Å². The molecule has 1 saturated heterocycles. The minimum atomic E-state index is -3.99. The van der Waals surface area contributed by atoms with E-state index in [9.17, 15) is 17.6 Å². The van der Waals surface area contributed by atoms with Crippen LogP contribution in [0.3, 0.4) is 0 Å². The van der Waals surface area contributed by atoms with Gasteiger partial charge in [0.05, 0.1) is 0 Å². The van der Waals surface area contributed by atoms with Crippen LogP contribution in [-0.2, 0) is 10.0 Å². The molecular formula is C24H31FN2O3S. The van der Waals surface area contributed by atoms with Gasteiger partial charge in [0, 0.05) is 24.3 Å². The largest absolute Gasteiger partial charge is 0.321 e. The van der Waals surface area contributed by atoms with E-state index in [1.807, 2.05) is 18.2 Å². The van der Waals surface area contributed by atoms with E-state index < -0.39 is 26.6 Å². The molecule has 0 saturated carbocycles. The van der Waals surface area contributed by atoms with Crippen molar-refractivity contribution in [1.29, 1.82) is 0 Å². The van der Waals surface area contributed by atoms with Gasteiger partial charge in [-0.15, -0.1) is 0 Å². The number of carbonyl (C=O) groups is 1. The van der Waals surface area contributed by atoms with Gasteiger partial charge in [-0.1, -0.05) is 52.3 Å². The van der Waals surface area contributed by atoms with E-state index in [4.69, 9.17) is 0 Å². The van der Waals surface area contributed by atoms with Crippen molar-refractivity contribution in [2.75, 3.05) is 18.4 Å². The van der Waals surface area contributed by atoms with Crippen LogP contribution in [-0.4, -0.2) is 31.7 Å². The second-order valence-electron chi connectivity index (χ2n) is 8.68. The van der Waals surface area contributed by atoms with Gasteiger partial charge in [0.1, 0.15) is 10.7 Å². The van der Waals surface area contributed by atoms with Crippen molar-refractivity contribution < 1.29 is 17.6 Å². The monoisotopic (exact) mass is 446 g/mol. The number of anilines is 1. The second-order valence-corrected chi connectivity index (χ2v) is 10.6. The third-order valence-corrected chi connectivity index (χ3v) is 7.65. The predicted octanol–water partition coefficient (Wildman–Crippen LogP) is 5.50. The van der Waals surface area contributed by atoms with Crippen LogP contribution >= 0.6 is 0 Å². The summed E-state index contributed by atoms with van der Waals surface area (Å²) in [4.78, 5) is 12.6. The summed E-state index contributed by atoms with van der Waals surface area (Å²) in [7, 11) is -3.99. The lowest BCUT2D eigenvalue weighted by Gasteiger charge is -2.26. The van der Waals surface area contributed by atoms with Crippen LogP contribution in [0.2, 0.25) is 0 Å². The summed E-state index contributed by atoms with van der Waals surface area (Å²) in [6, 6.07) is 9.46. The number of hydrogen-bond donors (Lipinski definition) is 1. The highest BCUT2D eigenvalue weighted by Gasteiger charge is 2.29. The number of carbonyl (C=O) groups excluding carboxylic acids is 1. The van der Waals surface area contributed by atoms with E-state index in [0.29, 0.717) is 13.1 Å². The van der Waals surface area contributed by atoms with Crippen LogP contribution in [0.25, 0.3) is 0 Å². The van der Waals surface area contributed by atoms with E-state index in [0.717, 1.165) is 48.2 Å². The zero-order valence-electron chi connectivity index (χ0n) is 18.6. The Morgan fingerprint density at radius 3 is 2.10 bits per heavy atom. The topological polar surface area (TPSA) is 66.5 Å². The highest BCUT2D eigenvalue weighted by Crippen LogP contribution is 2.33. The molecule has 1 amide bonds. The molecule has 0 aliphatic carbocycles. The lowest BCUT2D eigenvalue weighted by Crippen LogP contribution is -2.36. The van der Waals surface area contributed by atoms with Crippen molar-refractivity contribution in [3.63, 3.8) is 0 Å². The normalized spacial score (nSPS) is 15.5. The fourth-order valence-corrected chi connectivity index (χ4v) is 5.58. The fraction of sp³-hybridized carbons (Fsp3) is 0.458. The smallest absolute Gasteiger partial charge is 0.255 e. The number of nitrogens with one attached hydrogen (secondary N) is 1. The summed E-state index contributed by atoms with van der Waals surface area (Å²) in [5.41, 5.74) is 2.86. The Bertz CT molecular complexity index is 1030. The molecule has 0 bridgehead atoms. The molecule has 2 aromatic carbocycles. The zero-order chi connectivity index (χ0) is 22.8. The molecule has 0 radical (unpaired) electrons. The lowest BCUT2D eigenvalue weighted by atomic mass is 9.92. The average molecular weight is 447 g/mol. The molecule has 1 N–H and O–H groups in total. The number of sulfonamides is 1. The molecular weight excluding hydrogens is 415 g/mol. The van der Waals surface area contributed by atoms with Crippen LogP contribution in [0.4, 0.5) is 10.1 Å². The van der Waals surface area contributed by atoms with Gasteiger partial charge in [0.2, 0.25) is 10.0 Å². The standard InChI is InChI=1S/C24H31FN2O3S/c1-16(2)19-9-8-10-20(17(3)4)23(19)26-24(28)18-11-12-21(25)22(15-18)31(29,30)27-13-6-5-7-14-27/h8-12,15-17H,5-7,13-14H2,1-4H3,(H,26,28). The van der Waals surface area contributed by atoms with Crippen molar-refractivity contribution in [1.82, 2.24) is 4.31 Å². The molecule has 1 heterocycles. The molecule has 0 unspecified atom stereocenters. The minimum absolute atomic E-state index is 0.116. The number of para-hydroxylation sites is 1. The second kappa shape index (κ2) is 9.49. The van der Waals surface area contributed by atoms with Gasteiger partial charge >= 0.3 is 0 Å². The Morgan fingerprint density at radius 2 is 1.55 bits per heavy atom. The van der Waals surface area contributed by atoms with E-state index in [1.165, 1.54) is 10.4 Å². The summed E-state index contributed by atoms with van der Waals surface area (Å²) in [6.07, 6.45) is 2.47. The molecule has 1 aliphatic rings. The summed E-state index contributed by atoms with van der Waals surface area (Å²) in [6.45, 7) is 8.95. The SMILES string of the molecule is CC(C)c1cccc(C(C)C)c1NC(=O)c1ccc(F)c(S(=O)(=O)N2CCCCC2)c1. The molecule has 0 aromatic heterocycles. The summed E-state index contributed by atoms with van der Waals surface area (Å²) < 4.78 is 41.8. The van der Waals surface area contributed by atoms with Crippen LogP contribution < -0.4 is 5.32 Å². The third kappa shape index (κ3) is 4.99. The van der Waals surface area contributed by atoms with E-state index in [1.54, 1.807) is 0 Å². The molecule has 31 heavy (non-hydrogen) atoms. The highest BCUT2D eigenvalue weighted by molar-refractivity contribution is 7.89. The van der Waals surface area contributed by atoms with Gasteiger partial charge in [-0.25, -0.2) is 12.8 Å². The molecule has 7 heteroatoms. The number of benzene rings is 2. The number of rotatable bonds is 6. The summed E-state index contributed by atoms with van der Waals surface area (Å²) in [5, 5.41) is 2.97. The first-order valence-electron chi connectivity index (χ1n) is 10.9. The molecule has 2 aromatic rings. The molecule has 3 rings (SSSR count). The first-order valence-corrected chi connectivity index (χ1v) is 12.3. The first-order chi connectivity index (χ1) is 14.6. The molecule has 168 valence electrons. The Hall–Kier alpha value is -2.25. The van der Waals surface area contributed by atoms with Gasteiger partial charge in [-0.2, -0.15) is 4.31 Å². The van der Waals surface area contributed by atoms with Crippen LogP contribution in [0.5, 0.6) is 0 Å². The summed E-state index contributed by atoms with van der Waals surface area (Å²) in [5.74, 6) is -0.910. The van der Waals surface area contributed by atoms with Gasteiger partial charge in [-0.05, 0) is 54.0 Å². The van der Waals surface area contributed by atoms with Crippen molar-refractivity contribution in [2.24, 2.45) is 0 Å². The average Bonchev–Trinajstić information content (AvgIpc) is 2.74. The fourth-order valence-electron chi connectivity index (χ4n) is 3.97. The van der Waals surface area contributed by atoms with Crippen LogP contribution in [0, 0.1) is 5.82 Å². The predicted molar refractivity (Wildman–Crippen MR) is 122 cm³/mol. The molecule has 0 atom stereocenters. The van der Waals surface area contributed by atoms with Gasteiger partial charge < -0.3 is 5.32 Å². The van der Waals surface area contributed by atoms with E-state index in [-0.39, 0.29) is 17.4 Å². The van der Waals surface area contributed by atoms with Crippen LogP contribution in [0.15, 0.2) is 41.3 Å². The number of halogens is 1. The highest BCUT2D eigenvalue weighted by atomic mass is 32.2. The quantitative estimate of drug-likeness (QED) is 0.637.